The van der Waals surface area contributed by atoms with Gasteiger partial charge in [-0.25, -0.2) is 8.42 Å². The molecule has 0 aromatic rings. The second-order valence-corrected chi connectivity index (χ2v) is 5.50. The van der Waals surface area contributed by atoms with E-state index >= 15 is 0 Å². The van der Waals surface area contributed by atoms with Crippen LogP contribution in [0, 0.1) is 11.3 Å². The van der Waals surface area contributed by atoms with Crippen LogP contribution in [-0.4, -0.2) is 17.9 Å². The predicted octanol–water partition coefficient (Wildman–Crippen LogP) is 0.316. The summed E-state index contributed by atoms with van der Waals surface area (Å²) in [5.41, 5.74) is 0. The van der Waals surface area contributed by atoms with Crippen LogP contribution in [-0.2, 0) is 9.84 Å². The van der Waals surface area contributed by atoms with Crippen LogP contribution in [0.3, 0.4) is 0 Å². The average Bonchev–Trinajstić information content (AvgIpc) is 1.62. The summed E-state index contributed by atoms with van der Waals surface area (Å²) in [5.74, 6) is 0. The van der Waals surface area contributed by atoms with Crippen molar-refractivity contribution in [1.82, 2.24) is 0 Å². The quantitative estimate of drug-likeness (QED) is 0.493. The molecule has 0 N–H and O–H groups in total. The monoisotopic (exact) mass is 245 g/mol. The predicted molar refractivity (Wildman–Crippen MR) is 38.3 cm³/mol. The summed E-state index contributed by atoms with van der Waals surface area (Å²) in [5, 5.41) is 8.03. The molecular formula is C3H4INO2S. The summed E-state index contributed by atoms with van der Waals surface area (Å²) in [6.07, 6.45) is 1.04. The zero-order chi connectivity index (χ0) is 6.78. The van der Waals surface area contributed by atoms with Crippen LogP contribution in [0.1, 0.15) is 0 Å². The van der Waals surface area contributed by atoms with Crippen molar-refractivity contribution in [3.05, 3.63) is 0 Å². The number of nitriles is 1. The standard InChI is InChI=1S/C3H4INO2S/c1-8(6,7)3(4)2-5/h3H,1H3. The van der Waals surface area contributed by atoms with Crippen molar-refractivity contribution in [1.29, 1.82) is 5.26 Å². The number of hydrogen-bond acceptors (Lipinski definition) is 3. The van der Waals surface area contributed by atoms with Gasteiger partial charge in [0.1, 0.15) is 0 Å². The van der Waals surface area contributed by atoms with Gasteiger partial charge in [-0.15, -0.1) is 0 Å². The first-order valence-electron chi connectivity index (χ1n) is 1.71. The molecule has 0 fully saturated rings. The van der Waals surface area contributed by atoms with Crippen molar-refractivity contribution in [3.8, 4) is 6.07 Å². The first kappa shape index (κ1) is 8.17. The Balaban J connectivity index is 4.34. The van der Waals surface area contributed by atoms with E-state index in [0.717, 1.165) is 6.26 Å². The van der Waals surface area contributed by atoms with Crippen LogP contribution in [0.25, 0.3) is 0 Å². The molecule has 0 aliphatic rings. The Morgan fingerprint density at radius 1 is 1.75 bits per heavy atom. The molecule has 46 valence electrons. The van der Waals surface area contributed by atoms with E-state index in [1.54, 1.807) is 28.7 Å². The molecule has 0 heterocycles. The molecule has 0 amide bonds. The molecule has 0 spiro atoms. The van der Waals surface area contributed by atoms with Crippen LogP contribution < -0.4 is 0 Å². The van der Waals surface area contributed by atoms with Crippen LogP contribution in [0.4, 0.5) is 0 Å². The van der Waals surface area contributed by atoms with E-state index in [1.807, 2.05) is 0 Å². The Morgan fingerprint density at radius 3 is 2.12 bits per heavy atom. The van der Waals surface area contributed by atoms with Crippen molar-refractivity contribution >= 4 is 32.4 Å². The molecule has 0 bridgehead atoms. The molecule has 0 aliphatic heterocycles. The van der Waals surface area contributed by atoms with Gasteiger partial charge in [0.05, 0.1) is 6.07 Å². The Labute approximate surface area is 61.7 Å². The van der Waals surface area contributed by atoms with Gasteiger partial charge in [0.2, 0.25) is 0 Å². The minimum atomic E-state index is -3.13. The van der Waals surface area contributed by atoms with E-state index in [9.17, 15) is 8.42 Å². The van der Waals surface area contributed by atoms with Crippen molar-refractivity contribution in [2.75, 3.05) is 6.26 Å². The second kappa shape index (κ2) is 2.64. The molecule has 0 aromatic carbocycles. The highest BCUT2D eigenvalue weighted by atomic mass is 127. The maximum Gasteiger partial charge on any atom is 0.198 e. The molecule has 0 rings (SSSR count). The molecule has 3 nitrogen and oxygen atoms in total. The number of sulfone groups is 1. The third-order valence-corrected chi connectivity index (χ3v) is 4.38. The number of rotatable bonds is 1. The van der Waals surface area contributed by atoms with E-state index < -0.39 is 13.1 Å². The molecule has 5 heteroatoms. The molecule has 0 aromatic heterocycles. The molecule has 0 aliphatic carbocycles. The molecule has 0 saturated heterocycles. The van der Waals surface area contributed by atoms with E-state index in [2.05, 4.69) is 0 Å². The minimum absolute atomic E-state index is 0.903. The zero-order valence-corrected chi connectivity index (χ0v) is 7.10. The van der Waals surface area contributed by atoms with Gasteiger partial charge < -0.3 is 0 Å². The number of alkyl halides is 1. The molecular weight excluding hydrogens is 241 g/mol. The van der Waals surface area contributed by atoms with Gasteiger partial charge >= 0.3 is 0 Å². The first-order chi connectivity index (χ1) is 3.48. The lowest BCUT2D eigenvalue weighted by atomic mass is 10.9. The smallest absolute Gasteiger partial charge is 0.198 e. The van der Waals surface area contributed by atoms with Gasteiger partial charge in [-0.05, 0) is 22.6 Å². The highest BCUT2D eigenvalue weighted by Crippen LogP contribution is 2.04. The van der Waals surface area contributed by atoms with E-state index in [4.69, 9.17) is 5.26 Å². The fraction of sp³-hybridized carbons (Fsp3) is 0.667. The maximum absolute atomic E-state index is 10.3. The van der Waals surface area contributed by atoms with Crippen LogP contribution >= 0.6 is 22.6 Å². The highest BCUT2D eigenvalue weighted by molar-refractivity contribution is 14.1. The summed E-state index contributed by atoms with van der Waals surface area (Å²) in [6.45, 7) is 0. The van der Waals surface area contributed by atoms with E-state index in [-0.39, 0.29) is 0 Å². The summed E-state index contributed by atoms with van der Waals surface area (Å²) >= 11 is 1.56. The Hall–Kier alpha value is 0.170. The molecule has 0 saturated carbocycles. The largest absolute Gasteiger partial charge is 0.227 e. The summed E-state index contributed by atoms with van der Waals surface area (Å²) in [6, 6.07) is 1.60. The maximum atomic E-state index is 10.3. The van der Waals surface area contributed by atoms with Crippen molar-refractivity contribution < 1.29 is 8.42 Å². The van der Waals surface area contributed by atoms with Crippen LogP contribution in [0.2, 0.25) is 0 Å². The molecule has 0 radical (unpaired) electrons. The van der Waals surface area contributed by atoms with E-state index in [0.29, 0.717) is 0 Å². The second-order valence-electron chi connectivity index (χ2n) is 1.27. The van der Waals surface area contributed by atoms with Gasteiger partial charge in [0, 0.05) is 6.26 Å². The van der Waals surface area contributed by atoms with Crippen molar-refractivity contribution in [3.63, 3.8) is 0 Å². The van der Waals surface area contributed by atoms with E-state index in [1.165, 1.54) is 0 Å². The average molecular weight is 245 g/mol. The fourth-order valence-electron chi connectivity index (χ4n) is 0.0957. The first-order valence-corrected chi connectivity index (χ1v) is 4.91. The summed E-state index contributed by atoms with van der Waals surface area (Å²) < 4.78 is 19.8. The minimum Gasteiger partial charge on any atom is -0.227 e. The lowest BCUT2D eigenvalue weighted by molar-refractivity contribution is 0.604. The van der Waals surface area contributed by atoms with Crippen molar-refractivity contribution in [2.45, 2.75) is 3.26 Å². The zero-order valence-electron chi connectivity index (χ0n) is 4.13. The molecule has 1 unspecified atom stereocenters. The number of halogens is 1. The highest BCUT2D eigenvalue weighted by Gasteiger charge is 2.13. The van der Waals surface area contributed by atoms with Gasteiger partial charge in [-0.2, -0.15) is 5.26 Å². The van der Waals surface area contributed by atoms with Gasteiger partial charge in [0.15, 0.2) is 13.1 Å². The molecule has 8 heavy (non-hydrogen) atoms. The van der Waals surface area contributed by atoms with Crippen LogP contribution in [0.5, 0.6) is 0 Å². The normalized spacial score (nSPS) is 14.6. The SMILES string of the molecule is CS(=O)(=O)C(I)C#N. The van der Waals surface area contributed by atoms with Gasteiger partial charge in [-0.3, -0.25) is 0 Å². The third-order valence-electron chi connectivity index (χ3n) is 0.477. The van der Waals surface area contributed by atoms with Crippen LogP contribution in [0.15, 0.2) is 0 Å². The Kier molecular flexibility index (Phi) is 2.70. The fourth-order valence-corrected chi connectivity index (χ4v) is 0.287. The van der Waals surface area contributed by atoms with Crippen molar-refractivity contribution in [2.24, 2.45) is 0 Å². The molecule has 1 atom stereocenters. The summed E-state index contributed by atoms with van der Waals surface area (Å²) in [4.78, 5) is 0. The third kappa shape index (κ3) is 2.47. The number of nitrogens with zero attached hydrogens (tertiary/aromatic N) is 1. The lowest BCUT2D eigenvalue weighted by Crippen LogP contribution is -2.08. The topological polar surface area (TPSA) is 57.9 Å². The Morgan fingerprint density at radius 2 is 2.12 bits per heavy atom. The number of hydrogen-bond donors (Lipinski definition) is 0. The van der Waals surface area contributed by atoms with Gasteiger partial charge in [-0.1, -0.05) is 0 Å². The lowest BCUT2D eigenvalue weighted by Gasteiger charge is -1.91. The van der Waals surface area contributed by atoms with Gasteiger partial charge in [0.25, 0.3) is 0 Å². The summed E-state index contributed by atoms with van der Waals surface area (Å²) in [7, 11) is -3.13. The Bertz CT molecular complexity index is 202.